The van der Waals surface area contributed by atoms with E-state index in [1.54, 1.807) is 0 Å². The summed E-state index contributed by atoms with van der Waals surface area (Å²) in [6.07, 6.45) is 6.71. The quantitative estimate of drug-likeness (QED) is 0.716. The summed E-state index contributed by atoms with van der Waals surface area (Å²) in [6.45, 7) is 2.03. The Labute approximate surface area is 97.0 Å². The minimum Gasteiger partial charge on any atom is -0.289 e. The van der Waals surface area contributed by atoms with Crippen molar-refractivity contribution in [3.05, 3.63) is 0 Å². The number of amides is 1. The number of hydrogen-bond donors (Lipinski definition) is 2. The van der Waals surface area contributed by atoms with Gasteiger partial charge in [-0.05, 0) is 36.9 Å². The molecule has 1 N–H and O–H groups in total. The summed E-state index contributed by atoms with van der Waals surface area (Å²) >= 11 is 4.31. The Kier molecular flexibility index (Phi) is 3.57. The molecule has 0 unspecified atom stereocenters. The van der Waals surface area contributed by atoms with Gasteiger partial charge in [-0.15, -0.1) is 0 Å². The van der Waals surface area contributed by atoms with Crippen molar-refractivity contribution < 1.29 is 4.79 Å². The lowest BCUT2D eigenvalue weighted by molar-refractivity contribution is -0.127. The Morgan fingerprint density at radius 2 is 1.93 bits per heavy atom. The smallest absolute Gasteiger partial charge is 0.234 e. The molecule has 2 rings (SSSR count). The minimum atomic E-state index is 0.184. The molecule has 86 valence electrons. The van der Waals surface area contributed by atoms with Crippen molar-refractivity contribution in [2.24, 2.45) is 5.41 Å². The zero-order valence-electron chi connectivity index (χ0n) is 9.17. The summed E-state index contributed by atoms with van der Waals surface area (Å²) in [6, 6.07) is 0. The highest BCUT2D eigenvalue weighted by molar-refractivity contribution is 7.80. The van der Waals surface area contributed by atoms with Crippen molar-refractivity contribution >= 4 is 18.5 Å². The van der Waals surface area contributed by atoms with Gasteiger partial charge >= 0.3 is 0 Å². The standard InChI is InChI=1S/C11H20N2OS/c14-10(8-11(9-15)4-5-11)12-13-6-2-1-3-7-13/h15H,1-9H2,(H,12,14). The summed E-state index contributed by atoms with van der Waals surface area (Å²) in [4.78, 5) is 11.7. The van der Waals surface area contributed by atoms with Crippen LogP contribution < -0.4 is 5.43 Å². The van der Waals surface area contributed by atoms with E-state index in [9.17, 15) is 4.79 Å². The van der Waals surface area contributed by atoms with Gasteiger partial charge in [0.25, 0.3) is 0 Å². The minimum absolute atomic E-state index is 0.184. The molecule has 2 fully saturated rings. The van der Waals surface area contributed by atoms with Crippen molar-refractivity contribution in [2.45, 2.75) is 38.5 Å². The molecule has 0 atom stereocenters. The van der Waals surface area contributed by atoms with Gasteiger partial charge in [-0.1, -0.05) is 6.42 Å². The van der Waals surface area contributed by atoms with Gasteiger partial charge in [-0.3, -0.25) is 10.2 Å². The van der Waals surface area contributed by atoms with Gasteiger partial charge < -0.3 is 0 Å². The number of hydrogen-bond acceptors (Lipinski definition) is 3. The maximum Gasteiger partial charge on any atom is 0.234 e. The predicted molar refractivity (Wildman–Crippen MR) is 63.7 cm³/mol. The molecule has 0 radical (unpaired) electrons. The number of rotatable bonds is 4. The molecule has 15 heavy (non-hydrogen) atoms. The first-order valence-electron chi connectivity index (χ1n) is 5.89. The van der Waals surface area contributed by atoms with Gasteiger partial charge in [0.1, 0.15) is 0 Å². The molecule has 4 heteroatoms. The van der Waals surface area contributed by atoms with E-state index in [0.717, 1.165) is 18.8 Å². The largest absolute Gasteiger partial charge is 0.289 e. The Morgan fingerprint density at radius 1 is 1.27 bits per heavy atom. The van der Waals surface area contributed by atoms with Crippen LogP contribution in [0.3, 0.4) is 0 Å². The van der Waals surface area contributed by atoms with E-state index in [-0.39, 0.29) is 11.3 Å². The Morgan fingerprint density at radius 3 is 2.47 bits per heavy atom. The molecule has 1 saturated carbocycles. The third kappa shape index (κ3) is 3.11. The lowest BCUT2D eigenvalue weighted by Gasteiger charge is -2.27. The van der Waals surface area contributed by atoms with Crippen LogP contribution in [0, 0.1) is 5.41 Å². The molecule has 0 spiro atoms. The van der Waals surface area contributed by atoms with E-state index in [1.165, 1.54) is 32.1 Å². The average Bonchev–Trinajstić information content (AvgIpc) is 3.00. The average molecular weight is 228 g/mol. The van der Waals surface area contributed by atoms with Crippen molar-refractivity contribution in [1.82, 2.24) is 10.4 Å². The van der Waals surface area contributed by atoms with Crippen LogP contribution in [0.25, 0.3) is 0 Å². The van der Waals surface area contributed by atoms with Crippen LogP contribution in [0.2, 0.25) is 0 Å². The van der Waals surface area contributed by atoms with Crippen LogP contribution in [0.1, 0.15) is 38.5 Å². The lowest BCUT2D eigenvalue weighted by atomic mass is 10.1. The van der Waals surface area contributed by atoms with Crippen LogP contribution in [-0.2, 0) is 4.79 Å². The van der Waals surface area contributed by atoms with E-state index in [0.29, 0.717) is 6.42 Å². The Bertz CT molecular complexity index is 235. The van der Waals surface area contributed by atoms with E-state index in [1.807, 2.05) is 0 Å². The van der Waals surface area contributed by atoms with Crippen LogP contribution >= 0.6 is 12.6 Å². The van der Waals surface area contributed by atoms with E-state index in [2.05, 4.69) is 23.1 Å². The van der Waals surface area contributed by atoms with Crippen LogP contribution in [0.15, 0.2) is 0 Å². The summed E-state index contributed by atoms with van der Waals surface area (Å²) in [5, 5.41) is 2.07. The van der Waals surface area contributed by atoms with Crippen molar-refractivity contribution in [3.63, 3.8) is 0 Å². The molecule has 0 aromatic rings. The van der Waals surface area contributed by atoms with Gasteiger partial charge in [-0.25, -0.2) is 5.01 Å². The van der Waals surface area contributed by atoms with Gasteiger partial charge in [-0.2, -0.15) is 12.6 Å². The van der Waals surface area contributed by atoms with Gasteiger partial charge in [0.15, 0.2) is 0 Å². The van der Waals surface area contributed by atoms with Crippen molar-refractivity contribution in [2.75, 3.05) is 18.8 Å². The molecule has 0 bridgehead atoms. The number of carbonyl (C=O) groups is 1. The van der Waals surface area contributed by atoms with Crippen LogP contribution in [0.4, 0.5) is 0 Å². The fraction of sp³-hybridized carbons (Fsp3) is 0.909. The molecular weight excluding hydrogens is 208 g/mol. The Hall–Kier alpha value is -0.220. The number of hydrazine groups is 1. The first-order valence-corrected chi connectivity index (χ1v) is 6.53. The van der Waals surface area contributed by atoms with E-state index < -0.39 is 0 Å². The second kappa shape index (κ2) is 4.74. The summed E-state index contributed by atoms with van der Waals surface area (Å²) in [5.41, 5.74) is 3.25. The fourth-order valence-electron chi connectivity index (χ4n) is 2.13. The normalized spacial score (nSPS) is 24.9. The molecule has 1 amide bonds. The molecule has 2 aliphatic rings. The highest BCUT2D eigenvalue weighted by Crippen LogP contribution is 2.49. The lowest BCUT2D eigenvalue weighted by Crippen LogP contribution is -2.45. The number of carbonyl (C=O) groups excluding carboxylic acids is 1. The second-order valence-electron chi connectivity index (χ2n) is 4.92. The number of nitrogens with one attached hydrogen (secondary N) is 1. The zero-order valence-corrected chi connectivity index (χ0v) is 10.1. The highest BCUT2D eigenvalue weighted by Gasteiger charge is 2.43. The summed E-state index contributed by atoms with van der Waals surface area (Å²) in [7, 11) is 0. The van der Waals surface area contributed by atoms with E-state index >= 15 is 0 Å². The molecule has 0 aromatic carbocycles. The number of thiol groups is 1. The molecule has 1 aliphatic heterocycles. The fourth-order valence-corrected chi connectivity index (χ4v) is 2.56. The zero-order chi connectivity index (χ0) is 10.7. The molecule has 1 aliphatic carbocycles. The van der Waals surface area contributed by atoms with Gasteiger partial charge in [0.05, 0.1) is 0 Å². The third-order valence-corrected chi connectivity index (χ3v) is 4.14. The first-order chi connectivity index (χ1) is 7.24. The maximum atomic E-state index is 11.7. The first kappa shape index (κ1) is 11.3. The predicted octanol–water partition coefficient (Wildman–Crippen LogP) is 1.60. The monoisotopic (exact) mass is 228 g/mol. The van der Waals surface area contributed by atoms with Gasteiger partial charge in [0, 0.05) is 19.5 Å². The van der Waals surface area contributed by atoms with Gasteiger partial charge in [0.2, 0.25) is 5.91 Å². The number of piperidine rings is 1. The van der Waals surface area contributed by atoms with Crippen LogP contribution in [0.5, 0.6) is 0 Å². The van der Waals surface area contributed by atoms with Crippen molar-refractivity contribution in [1.29, 1.82) is 0 Å². The SMILES string of the molecule is O=C(CC1(CS)CC1)NN1CCCCC1. The molecule has 3 nitrogen and oxygen atoms in total. The number of nitrogens with zero attached hydrogens (tertiary/aromatic N) is 1. The summed E-state index contributed by atoms with van der Waals surface area (Å²) in [5.74, 6) is 1.03. The molecular formula is C11H20N2OS. The molecule has 1 heterocycles. The maximum absolute atomic E-state index is 11.7. The molecule has 0 aromatic heterocycles. The highest BCUT2D eigenvalue weighted by atomic mass is 32.1. The van der Waals surface area contributed by atoms with Crippen LogP contribution in [-0.4, -0.2) is 29.8 Å². The third-order valence-electron chi connectivity index (χ3n) is 3.47. The summed E-state index contributed by atoms with van der Waals surface area (Å²) < 4.78 is 0. The van der Waals surface area contributed by atoms with Crippen molar-refractivity contribution in [3.8, 4) is 0 Å². The molecule has 1 saturated heterocycles. The Balaban J connectivity index is 1.72. The second-order valence-corrected chi connectivity index (χ2v) is 5.23. The topological polar surface area (TPSA) is 32.3 Å². The van der Waals surface area contributed by atoms with E-state index in [4.69, 9.17) is 0 Å².